The van der Waals surface area contributed by atoms with Crippen LogP contribution in [0.3, 0.4) is 0 Å². The molecule has 1 amide bonds. The van der Waals surface area contributed by atoms with Crippen molar-refractivity contribution in [3.63, 3.8) is 0 Å². The van der Waals surface area contributed by atoms with Gasteiger partial charge in [-0.25, -0.2) is 0 Å². The van der Waals surface area contributed by atoms with Gasteiger partial charge in [0.05, 0.1) is 5.92 Å². The molecule has 2 N–H and O–H groups in total. The minimum Gasteiger partial charge on any atom is -0.481 e. The van der Waals surface area contributed by atoms with Gasteiger partial charge in [0.25, 0.3) is 0 Å². The third kappa shape index (κ3) is 1.66. The van der Waals surface area contributed by atoms with Gasteiger partial charge in [0.1, 0.15) is 0 Å². The zero-order valence-corrected chi connectivity index (χ0v) is 9.20. The Morgan fingerprint density at radius 3 is 2.75 bits per heavy atom. The highest BCUT2D eigenvalue weighted by molar-refractivity contribution is 6.00. The second-order valence-corrected chi connectivity index (χ2v) is 4.19. The van der Waals surface area contributed by atoms with Crippen molar-refractivity contribution in [1.82, 2.24) is 0 Å². The smallest absolute Gasteiger partial charge is 0.311 e. The number of amides is 1. The van der Waals surface area contributed by atoms with Gasteiger partial charge >= 0.3 is 5.97 Å². The van der Waals surface area contributed by atoms with Crippen LogP contribution in [0.4, 0.5) is 5.69 Å². The Labute approximate surface area is 93.3 Å². The Morgan fingerprint density at radius 2 is 2.12 bits per heavy atom. The summed E-state index contributed by atoms with van der Waals surface area (Å²) in [7, 11) is 0. The Kier molecular flexibility index (Phi) is 2.42. The summed E-state index contributed by atoms with van der Waals surface area (Å²) in [6.07, 6.45) is 0.0191. The first-order chi connectivity index (χ1) is 7.49. The van der Waals surface area contributed by atoms with Crippen LogP contribution in [0.2, 0.25) is 0 Å². The summed E-state index contributed by atoms with van der Waals surface area (Å²) in [6, 6.07) is 3.77. The lowest BCUT2D eigenvalue weighted by Crippen LogP contribution is -2.28. The fraction of sp³-hybridized carbons (Fsp3) is 0.333. The first-order valence-corrected chi connectivity index (χ1v) is 5.13. The van der Waals surface area contributed by atoms with E-state index in [1.807, 2.05) is 26.0 Å². The molecule has 0 spiro atoms. The van der Waals surface area contributed by atoms with Crippen molar-refractivity contribution >= 4 is 17.6 Å². The maximum Gasteiger partial charge on any atom is 0.311 e. The van der Waals surface area contributed by atoms with Gasteiger partial charge in [-0.15, -0.1) is 0 Å². The molecule has 0 saturated heterocycles. The van der Waals surface area contributed by atoms with Gasteiger partial charge in [-0.3, -0.25) is 9.59 Å². The van der Waals surface area contributed by atoms with Gasteiger partial charge in [0.15, 0.2) is 0 Å². The van der Waals surface area contributed by atoms with Crippen LogP contribution >= 0.6 is 0 Å². The van der Waals surface area contributed by atoms with Crippen LogP contribution in [-0.4, -0.2) is 17.0 Å². The van der Waals surface area contributed by atoms with E-state index < -0.39 is 11.9 Å². The highest BCUT2D eigenvalue weighted by Crippen LogP contribution is 2.35. The number of benzene rings is 1. The molecule has 4 nitrogen and oxygen atoms in total. The van der Waals surface area contributed by atoms with Gasteiger partial charge < -0.3 is 10.4 Å². The molecule has 84 valence electrons. The molecule has 0 fully saturated rings. The number of carbonyl (C=O) groups is 2. The van der Waals surface area contributed by atoms with Crippen molar-refractivity contribution in [1.29, 1.82) is 0 Å². The average Bonchev–Trinajstić information content (AvgIpc) is 2.18. The summed E-state index contributed by atoms with van der Waals surface area (Å²) < 4.78 is 0. The standard InChI is InChI=1S/C12H13NO3/c1-6-3-7(2)11-8(4-6)9(12(15)16)5-10(14)13-11/h3-4,9H,5H2,1-2H3,(H,13,14)(H,15,16)/t9-/m1/s1. The van der Waals surface area contributed by atoms with Crippen molar-refractivity contribution in [2.75, 3.05) is 5.32 Å². The molecule has 16 heavy (non-hydrogen) atoms. The first-order valence-electron chi connectivity index (χ1n) is 5.13. The Balaban J connectivity index is 2.61. The maximum atomic E-state index is 11.4. The molecule has 1 aromatic carbocycles. The van der Waals surface area contributed by atoms with Crippen LogP contribution in [0, 0.1) is 13.8 Å². The normalized spacial score (nSPS) is 18.9. The number of fused-ring (bicyclic) bond motifs is 1. The predicted molar refractivity (Wildman–Crippen MR) is 59.5 cm³/mol. The van der Waals surface area contributed by atoms with Crippen LogP contribution in [0.5, 0.6) is 0 Å². The second-order valence-electron chi connectivity index (χ2n) is 4.19. The van der Waals surface area contributed by atoms with Gasteiger partial charge in [-0.2, -0.15) is 0 Å². The number of hydrogen-bond donors (Lipinski definition) is 2. The van der Waals surface area contributed by atoms with E-state index in [9.17, 15) is 9.59 Å². The first kappa shape index (κ1) is 10.7. The molecule has 0 saturated carbocycles. The quantitative estimate of drug-likeness (QED) is 0.757. The molecule has 0 unspecified atom stereocenters. The summed E-state index contributed by atoms with van der Waals surface area (Å²) in [4.78, 5) is 22.5. The minimum absolute atomic E-state index is 0.0191. The molecule has 1 aliphatic heterocycles. The summed E-state index contributed by atoms with van der Waals surface area (Å²) in [5.74, 6) is -1.89. The number of carbonyl (C=O) groups excluding carboxylic acids is 1. The van der Waals surface area contributed by atoms with E-state index in [1.165, 1.54) is 0 Å². The summed E-state index contributed by atoms with van der Waals surface area (Å²) >= 11 is 0. The molecule has 0 bridgehead atoms. The Morgan fingerprint density at radius 1 is 1.44 bits per heavy atom. The molecule has 1 atom stereocenters. The Bertz CT molecular complexity index is 479. The van der Waals surface area contributed by atoms with Crippen molar-refractivity contribution in [3.8, 4) is 0 Å². The van der Waals surface area contributed by atoms with Crippen LogP contribution in [0.25, 0.3) is 0 Å². The Hall–Kier alpha value is -1.84. The van der Waals surface area contributed by atoms with Crippen molar-refractivity contribution < 1.29 is 14.7 Å². The van der Waals surface area contributed by atoms with E-state index in [2.05, 4.69) is 5.32 Å². The van der Waals surface area contributed by atoms with Crippen molar-refractivity contribution in [2.45, 2.75) is 26.2 Å². The van der Waals surface area contributed by atoms with Gasteiger partial charge in [0.2, 0.25) is 5.91 Å². The molecule has 0 aliphatic carbocycles. The SMILES string of the molecule is Cc1cc(C)c2c(c1)[C@H](C(=O)O)CC(=O)N2. The number of anilines is 1. The predicted octanol–water partition coefficient (Wildman–Crippen LogP) is 1.81. The third-order valence-corrected chi connectivity index (χ3v) is 2.84. The van der Waals surface area contributed by atoms with Gasteiger partial charge in [-0.1, -0.05) is 17.7 Å². The lowest BCUT2D eigenvalue weighted by atomic mass is 9.88. The van der Waals surface area contributed by atoms with Crippen LogP contribution in [-0.2, 0) is 9.59 Å². The molecule has 1 aromatic rings. The van der Waals surface area contributed by atoms with Gasteiger partial charge in [0, 0.05) is 12.1 Å². The lowest BCUT2D eigenvalue weighted by molar-refractivity contribution is -0.140. The molecule has 1 heterocycles. The van der Waals surface area contributed by atoms with Crippen LogP contribution < -0.4 is 5.32 Å². The van der Waals surface area contributed by atoms with E-state index in [-0.39, 0.29) is 12.3 Å². The molecule has 0 radical (unpaired) electrons. The number of rotatable bonds is 1. The maximum absolute atomic E-state index is 11.4. The molecular formula is C12H13NO3. The van der Waals surface area contributed by atoms with E-state index in [0.29, 0.717) is 11.3 Å². The summed E-state index contributed by atoms with van der Waals surface area (Å²) in [6.45, 7) is 3.79. The monoisotopic (exact) mass is 219 g/mol. The van der Waals surface area contributed by atoms with Crippen molar-refractivity contribution in [2.24, 2.45) is 0 Å². The molecule has 4 heteroatoms. The van der Waals surface area contributed by atoms with E-state index >= 15 is 0 Å². The van der Waals surface area contributed by atoms with E-state index in [0.717, 1.165) is 11.1 Å². The van der Waals surface area contributed by atoms with E-state index in [4.69, 9.17) is 5.11 Å². The highest BCUT2D eigenvalue weighted by Gasteiger charge is 2.31. The number of hydrogen-bond acceptors (Lipinski definition) is 2. The topological polar surface area (TPSA) is 66.4 Å². The third-order valence-electron chi connectivity index (χ3n) is 2.84. The van der Waals surface area contributed by atoms with Gasteiger partial charge in [-0.05, 0) is 25.0 Å². The highest BCUT2D eigenvalue weighted by atomic mass is 16.4. The fourth-order valence-corrected chi connectivity index (χ4v) is 2.15. The number of aryl methyl sites for hydroxylation is 2. The van der Waals surface area contributed by atoms with E-state index in [1.54, 1.807) is 0 Å². The minimum atomic E-state index is -0.943. The lowest BCUT2D eigenvalue weighted by Gasteiger charge is -2.24. The number of carboxylic acids is 1. The zero-order chi connectivity index (χ0) is 11.9. The molecule has 1 aliphatic rings. The summed E-state index contributed by atoms with van der Waals surface area (Å²) in [5.41, 5.74) is 3.30. The molecule has 2 rings (SSSR count). The van der Waals surface area contributed by atoms with Crippen molar-refractivity contribution in [3.05, 3.63) is 28.8 Å². The van der Waals surface area contributed by atoms with Crippen LogP contribution in [0.1, 0.15) is 29.0 Å². The molecular weight excluding hydrogens is 206 g/mol. The fourth-order valence-electron chi connectivity index (χ4n) is 2.15. The zero-order valence-electron chi connectivity index (χ0n) is 9.20. The van der Waals surface area contributed by atoms with Crippen LogP contribution in [0.15, 0.2) is 12.1 Å². The summed E-state index contributed by atoms with van der Waals surface area (Å²) in [5, 5.41) is 11.8. The number of aliphatic carboxylic acids is 1. The molecule has 0 aromatic heterocycles. The average molecular weight is 219 g/mol. The number of nitrogens with one attached hydrogen (secondary N) is 1. The second kappa shape index (κ2) is 3.63. The number of carboxylic acid groups (broad SMARTS) is 1. The largest absolute Gasteiger partial charge is 0.481 e.